The van der Waals surface area contributed by atoms with Crippen LogP contribution in [0.1, 0.15) is 47.8 Å². The number of nitrogens with zero attached hydrogens (tertiary/aromatic N) is 4. The van der Waals surface area contributed by atoms with Crippen LogP contribution >= 0.6 is 11.3 Å². The maximum absolute atomic E-state index is 4.92. The van der Waals surface area contributed by atoms with E-state index in [1.165, 1.54) is 49.4 Å². The van der Waals surface area contributed by atoms with Gasteiger partial charge in [0.05, 0.1) is 23.8 Å². The van der Waals surface area contributed by atoms with Crippen molar-refractivity contribution >= 4 is 32.6 Å². The molecule has 5 aromatic rings. The first-order valence-electron chi connectivity index (χ1n) is 10.8. The summed E-state index contributed by atoms with van der Waals surface area (Å²) in [6.45, 7) is 9.00. The van der Waals surface area contributed by atoms with Crippen LogP contribution in [0.3, 0.4) is 0 Å². The molecule has 2 aromatic carbocycles. The van der Waals surface area contributed by atoms with Gasteiger partial charge in [-0.05, 0) is 65.0 Å². The molecular formula is C26H25N4S+. The zero-order valence-electron chi connectivity index (χ0n) is 18.5. The summed E-state index contributed by atoms with van der Waals surface area (Å²) < 4.78 is 5.80. The van der Waals surface area contributed by atoms with Crippen molar-refractivity contribution in [2.75, 3.05) is 0 Å². The maximum Gasteiger partial charge on any atom is 0.287 e. The molecule has 0 saturated carbocycles. The molecule has 3 aromatic heterocycles. The minimum atomic E-state index is 0.463. The second-order valence-corrected chi connectivity index (χ2v) is 9.81. The Hall–Kier alpha value is -3.05. The van der Waals surface area contributed by atoms with Gasteiger partial charge in [-0.2, -0.15) is 0 Å². The third-order valence-corrected chi connectivity index (χ3v) is 7.81. The van der Waals surface area contributed by atoms with Crippen LogP contribution in [0.15, 0.2) is 42.0 Å². The van der Waals surface area contributed by atoms with Crippen LogP contribution in [0.5, 0.6) is 0 Å². The number of aromatic nitrogens is 4. The summed E-state index contributed by atoms with van der Waals surface area (Å²) >= 11 is 1.81. The fraction of sp³-hybridized carbons (Fsp3) is 0.269. The van der Waals surface area contributed by atoms with E-state index < -0.39 is 0 Å². The van der Waals surface area contributed by atoms with E-state index in [1.807, 2.05) is 17.7 Å². The fourth-order valence-corrected chi connectivity index (χ4v) is 6.27. The zero-order valence-corrected chi connectivity index (χ0v) is 19.3. The molecule has 4 nitrogen and oxygen atoms in total. The highest BCUT2D eigenvalue weighted by Crippen LogP contribution is 2.41. The van der Waals surface area contributed by atoms with Gasteiger partial charge >= 0.3 is 0 Å². The number of benzene rings is 2. The van der Waals surface area contributed by atoms with Crippen LogP contribution in [0, 0.1) is 13.8 Å². The Balaban J connectivity index is 1.67. The van der Waals surface area contributed by atoms with Crippen LogP contribution in [-0.2, 0) is 13.5 Å². The van der Waals surface area contributed by atoms with Gasteiger partial charge in [-0.25, -0.2) is 9.55 Å². The number of para-hydroxylation sites is 2. The minimum absolute atomic E-state index is 0.463. The van der Waals surface area contributed by atoms with Gasteiger partial charge in [0.1, 0.15) is 10.5 Å². The summed E-state index contributed by atoms with van der Waals surface area (Å²) in [6.07, 6.45) is 2.86. The Morgan fingerprint density at radius 1 is 1.13 bits per heavy atom. The van der Waals surface area contributed by atoms with Crippen LogP contribution < -0.4 is 4.57 Å². The molecule has 4 heterocycles. The normalized spacial score (nSPS) is 12.8. The Morgan fingerprint density at radius 2 is 1.94 bits per heavy atom. The van der Waals surface area contributed by atoms with Crippen LogP contribution in [0.25, 0.3) is 38.2 Å². The highest BCUT2D eigenvalue weighted by molar-refractivity contribution is 7.17. The SMILES string of the molecule is Cc1c(-c2c3scc(C(C)C)c3nc[n+]2C)cc2c(c1C)Cc1nc3ccccc3n1-2. The molecule has 31 heavy (non-hydrogen) atoms. The van der Waals surface area contributed by atoms with E-state index >= 15 is 0 Å². The molecule has 6 rings (SSSR count). The van der Waals surface area contributed by atoms with Crippen molar-refractivity contribution in [3.8, 4) is 16.9 Å². The van der Waals surface area contributed by atoms with Crippen molar-refractivity contribution in [3.63, 3.8) is 0 Å². The van der Waals surface area contributed by atoms with E-state index in [0.29, 0.717) is 5.92 Å². The first-order chi connectivity index (χ1) is 15.0. The van der Waals surface area contributed by atoms with Gasteiger partial charge in [0.2, 0.25) is 5.52 Å². The lowest BCUT2D eigenvalue weighted by Gasteiger charge is -2.15. The van der Waals surface area contributed by atoms with E-state index in [4.69, 9.17) is 9.97 Å². The van der Waals surface area contributed by atoms with Crippen molar-refractivity contribution in [2.24, 2.45) is 7.05 Å². The Morgan fingerprint density at radius 3 is 2.74 bits per heavy atom. The lowest BCUT2D eigenvalue weighted by molar-refractivity contribution is -0.662. The fourth-order valence-electron chi connectivity index (χ4n) is 4.99. The quantitative estimate of drug-likeness (QED) is 0.330. The van der Waals surface area contributed by atoms with Gasteiger partial charge in [-0.3, -0.25) is 4.57 Å². The van der Waals surface area contributed by atoms with E-state index in [-0.39, 0.29) is 0 Å². The summed E-state index contributed by atoms with van der Waals surface area (Å²) in [4.78, 5) is 9.72. The molecule has 0 N–H and O–H groups in total. The van der Waals surface area contributed by atoms with Crippen molar-refractivity contribution < 1.29 is 4.57 Å². The molecular weight excluding hydrogens is 400 g/mol. The van der Waals surface area contributed by atoms with Crippen LogP contribution in [-0.4, -0.2) is 14.5 Å². The van der Waals surface area contributed by atoms with Crippen molar-refractivity contribution in [3.05, 3.63) is 70.1 Å². The molecule has 0 unspecified atom stereocenters. The summed E-state index contributed by atoms with van der Waals surface area (Å²) in [6, 6.07) is 10.8. The molecule has 0 fully saturated rings. The standard InChI is InChI=1S/C26H25N4S/c1-14(2)19-12-31-26-24(19)27-13-29(5)25(26)18-10-22-17(15(3)16(18)4)11-23-28-20-8-6-7-9-21(20)30(22)23/h6-10,12-14H,11H2,1-5H3/q+1. The van der Waals surface area contributed by atoms with E-state index in [0.717, 1.165) is 23.3 Å². The van der Waals surface area contributed by atoms with Crippen LogP contribution in [0.4, 0.5) is 0 Å². The first kappa shape index (κ1) is 18.7. The van der Waals surface area contributed by atoms with E-state index in [2.05, 4.69) is 79.6 Å². The molecule has 0 saturated heterocycles. The van der Waals surface area contributed by atoms with Crippen molar-refractivity contribution in [2.45, 2.75) is 40.0 Å². The van der Waals surface area contributed by atoms with Gasteiger partial charge in [-0.15, -0.1) is 11.3 Å². The number of aryl methyl sites for hydroxylation is 1. The van der Waals surface area contributed by atoms with Gasteiger partial charge in [0, 0.05) is 17.5 Å². The highest BCUT2D eigenvalue weighted by atomic mass is 32.1. The molecule has 0 aliphatic carbocycles. The maximum atomic E-state index is 4.92. The number of imidazole rings is 1. The predicted octanol–water partition coefficient (Wildman–Crippen LogP) is 5.77. The molecule has 0 radical (unpaired) electrons. The number of thiophene rings is 1. The van der Waals surface area contributed by atoms with Gasteiger partial charge in [-0.1, -0.05) is 26.0 Å². The lowest BCUT2D eigenvalue weighted by Crippen LogP contribution is -2.31. The molecule has 0 amide bonds. The third kappa shape index (κ3) is 2.50. The molecule has 1 aliphatic heterocycles. The first-order valence-corrected chi connectivity index (χ1v) is 11.7. The predicted molar refractivity (Wildman–Crippen MR) is 127 cm³/mol. The zero-order chi connectivity index (χ0) is 21.4. The smallest absolute Gasteiger partial charge is 0.287 e. The van der Waals surface area contributed by atoms with Gasteiger partial charge < -0.3 is 0 Å². The summed E-state index contributed by atoms with van der Waals surface area (Å²) in [5.74, 6) is 1.60. The lowest BCUT2D eigenvalue weighted by atomic mass is 9.93. The molecule has 5 heteroatoms. The number of hydrogen-bond donors (Lipinski definition) is 0. The van der Waals surface area contributed by atoms with Crippen molar-refractivity contribution in [1.82, 2.24) is 14.5 Å². The van der Waals surface area contributed by atoms with E-state index in [9.17, 15) is 0 Å². The average Bonchev–Trinajstić information content (AvgIpc) is 3.42. The second-order valence-electron chi connectivity index (χ2n) is 8.93. The van der Waals surface area contributed by atoms with Crippen LogP contribution in [0.2, 0.25) is 0 Å². The summed E-state index contributed by atoms with van der Waals surface area (Å²) in [7, 11) is 2.11. The number of fused-ring (bicyclic) bond motifs is 6. The van der Waals surface area contributed by atoms with Gasteiger partial charge in [0.25, 0.3) is 6.33 Å². The number of hydrogen-bond acceptors (Lipinski definition) is 3. The van der Waals surface area contributed by atoms with Gasteiger partial charge in [0.15, 0.2) is 5.69 Å². The van der Waals surface area contributed by atoms with Crippen molar-refractivity contribution in [1.29, 1.82) is 0 Å². The van der Waals surface area contributed by atoms with E-state index in [1.54, 1.807) is 0 Å². The Bertz CT molecular complexity index is 1520. The third-order valence-electron chi connectivity index (χ3n) is 6.81. The molecule has 0 atom stereocenters. The summed E-state index contributed by atoms with van der Waals surface area (Å²) in [5.41, 5.74) is 12.7. The molecule has 0 spiro atoms. The number of rotatable bonds is 2. The topological polar surface area (TPSA) is 34.6 Å². The highest BCUT2D eigenvalue weighted by Gasteiger charge is 2.29. The Labute approximate surface area is 185 Å². The molecule has 154 valence electrons. The molecule has 1 aliphatic rings. The minimum Gasteiger partial charge on any atom is -0.296 e. The molecule has 0 bridgehead atoms. The summed E-state index contributed by atoms with van der Waals surface area (Å²) in [5, 5.41) is 2.28. The largest absolute Gasteiger partial charge is 0.296 e. The second kappa shape index (κ2) is 6.47. The monoisotopic (exact) mass is 425 g/mol. The average molecular weight is 426 g/mol. The Kier molecular flexibility index (Phi) is 3.90.